The molecule has 1 unspecified atom stereocenters. The number of rotatable bonds is 2. The minimum absolute atomic E-state index is 0.0570. The third-order valence-corrected chi connectivity index (χ3v) is 2.44. The summed E-state index contributed by atoms with van der Waals surface area (Å²) in [4.78, 5) is 11.4. The van der Waals surface area contributed by atoms with Crippen molar-refractivity contribution in [3.05, 3.63) is 40.7 Å². The van der Waals surface area contributed by atoms with Gasteiger partial charge in [-0.25, -0.2) is 4.79 Å². The lowest BCUT2D eigenvalue weighted by Crippen LogP contribution is -2.06. The SMILES string of the molecule is [CH2]C(C)c1cc(Br)ccc1C(=O)OC. The largest absolute Gasteiger partial charge is 0.465 e. The molecule has 0 spiro atoms. The van der Waals surface area contributed by atoms with Gasteiger partial charge < -0.3 is 4.74 Å². The number of hydrogen-bond donors (Lipinski definition) is 0. The Hall–Kier alpha value is -0.830. The van der Waals surface area contributed by atoms with E-state index in [2.05, 4.69) is 27.6 Å². The van der Waals surface area contributed by atoms with Crippen LogP contribution in [0.15, 0.2) is 22.7 Å². The molecule has 0 heterocycles. The molecular formula is C11H12BrO2. The molecule has 2 nitrogen and oxygen atoms in total. The maximum atomic E-state index is 11.4. The van der Waals surface area contributed by atoms with Crippen molar-refractivity contribution in [3.8, 4) is 0 Å². The zero-order valence-corrected chi connectivity index (χ0v) is 9.80. The Morgan fingerprint density at radius 2 is 2.21 bits per heavy atom. The molecule has 1 aromatic rings. The van der Waals surface area contributed by atoms with Crippen LogP contribution in [0.5, 0.6) is 0 Å². The fraction of sp³-hybridized carbons (Fsp3) is 0.273. The lowest BCUT2D eigenvalue weighted by Gasteiger charge is -2.11. The van der Waals surface area contributed by atoms with E-state index in [1.54, 1.807) is 6.07 Å². The van der Waals surface area contributed by atoms with Crippen molar-refractivity contribution in [2.24, 2.45) is 0 Å². The molecule has 0 aromatic heterocycles. The standard InChI is InChI=1S/C11H12BrO2/c1-7(2)10-6-8(12)4-5-9(10)11(13)14-3/h4-7H,1H2,2-3H3. The van der Waals surface area contributed by atoms with E-state index in [-0.39, 0.29) is 11.9 Å². The number of halogens is 1. The van der Waals surface area contributed by atoms with E-state index < -0.39 is 0 Å². The van der Waals surface area contributed by atoms with Crippen LogP contribution in [0.2, 0.25) is 0 Å². The fourth-order valence-corrected chi connectivity index (χ4v) is 1.62. The van der Waals surface area contributed by atoms with Gasteiger partial charge >= 0.3 is 5.97 Å². The molecule has 3 heteroatoms. The molecular weight excluding hydrogens is 244 g/mol. The first-order valence-corrected chi connectivity index (χ1v) is 5.06. The van der Waals surface area contributed by atoms with E-state index in [4.69, 9.17) is 0 Å². The molecule has 1 aromatic carbocycles. The predicted molar refractivity (Wildman–Crippen MR) is 59.3 cm³/mol. The Morgan fingerprint density at radius 1 is 1.57 bits per heavy atom. The van der Waals surface area contributed by atoms with Gasteiger partial charge in [-0.05, 0) is 36.6 Å². The average molecular weight is 256 g/mol. The first-order chi connectivity index (χ1) is 6.56. The second-order valence-corrected chi connectivity index (χ2v) is 4.04. The minimum atomic E-state index is -0.317. The van der Waals surface area contributed by atoms with Crippen LogP contribution < -0.4 is 0 Å². The summed E-state index contributed by atoms with van der Waals surface area (Å²) in [6.07, 6.45) is 0. The van der Waals surface area contributed by atoms with Crippen molar-refractivity contribution >= 4 is 21.9 Å². The zero-order valence-electron chi connectivity index (χ0n) is 8.21. The van der Waals surface area contributed by atoms with Gasteiger partial charge in [0.25, 0.3) is 0 Å². The quantitative estimate of drug-likeness (QED) is 0.759. The lowest BCUT2D eigenvalue weighted by atomic mass is 9.97. The molecule has 0 aliphatic heterocycles. The summed E-state index contributed by atoms with van der Waals surface area (Å²) in [6, 6.07) is 5.45. The van der Waals surface area contributed by atoms with Crippen LogP contribution >= 0.6 is 15.9 Å². The number of benzene rings is 1. The lowest BCUT2D eigenvalue weighted by molar-refractivity contribution is 0.0599. The first kappa shape index (κ1) is 11.2. The van der Waals surface area contributed by atoms with Crippen molar-refractivity contribution in [3.63, 3.8) is 0 Å². The van der Waals surface area contributed by atoms with Gasteiger partial charge in [0, 0.05) is 4.47 Å². The van der Waals surface area contributed by atoms with Gasteiger partial charge in [-0.1, -0.05) is 22.9 Å². The first-order valence-electron chi connectivity index (χ1n) is 4.27. The van der Waals surface area contributed by atoms with Crippen molar-refractivity contribution in [2.75, 3.05) is 7.11 Å². The van der Waals surface area contributed by atoms with Crippen LogP contribution in [0.4, 0.5) is 0 Å². The molecule has 1 atom stereocenters. The summed E-state index contributed by atoms with van der Waals surface area (Å²) in [5.41, 5.74) is 1.48. The van der Waals surface area contributed by atoms with E-state index in [0.29, 0.717) is 5.56 Å². The summed E-state index contributed by atoms with van der Waals surface area (Å²) in [6.45, 7) is 5.84. The monoisotopic (exact) mass is 255 g/mol. The van der Waals surface area contributed by atoms with Gasteiger partial charge in [0.05, 0.1) is 12.7 Å². The molecule has 0 saturated heterocycles. The third kappa shape index (κ3) is 2.35. The number of methoxy groups -OCH3 is 1. The van der Waals surface area contributed by atoms with Crippen LogP contribution in [0.25, 0.3) is 0 Å². The van der Waals surface area contributed by atoms with Crippen molar-refractivity contribution in [1.82, 2.24) is 0 Å². The molecule has 0 fully saturated rings. The predicted octanol–water partition coefficient (Wildman–Crippen LogP) is 3.17. The summed E-state index contributed by atoms with van der Waals surface area (Å²) < 4.78 is 5.63. The molecule has 0 aliphatic rings. The van der Waals surface area contributed by atoms with Crippen LogP contribution in [0.1, 0.15) is 28.8 Å². The Labute approximate surface area is 92.4 Å². The molecule has 75 valence electrons. The Morgan fingerprint density at radius 3 is 2.71 bits per heavy atom. The maximum absolute atomic E-state index is 11.4. The second kappa shape index (κ2) is 4.60. The number of carbonyl (C=O) groups is 1. The maximum Gasteiger partial charge on any atom is 0.338 e. The smallest absolute Gasteiger partial charge is 0.338 e. The van der Waals surface area contributed by atoms with Gasteiger partial charge in [0.2, 0.25) is 0 Å². The molecule has 1 radical (unpaired) electrons. The topological polar surface area (TPSA) is 26.3 Å². The number of carbonyl (C=O) groups excluding carboxylic acids is 1. The van der Waals surface area contributed by atoms with E-state index >= 15 is 0 Å². The summed E-state index contributed by atoms with van der Waals surface area (Å²) >= 11 is 3.36. The van der Waals surface area contributed by atoms with Crippen molar-refractivity contribution in [1.29, 1.82) is 0 Å². The van der Waals surface area contributed by atoms with Crippen LogP contribution in [-0.2, 0) is 4.74 Å². The minimum Gasteiger partial charge on any atom is -0.465 e. The van der Waals surface area contributed by atoms with Gasteiger partial charge in [-0.3, -0.25) is 0 Å². The van der Waals surface area contributed by atoms with Crippen LogP contribution in [0, 0.1) is 6.92 Å². The van der Waals surface area contributed by atoms with Crippen LogP contribution in [-0.4, -0.2) is 13.1 Å². The summed E-state index contributed by atoms with van der Waals surface area (Å²) in [7, 11) is 1.38. The van der Waals surface area contributed by atoms with Crippen LogP contribution in [0.3, 0.4) is 0 Å². The summed E-state index contributed by atoms with van der Waals surface area (Å²) in [5, 5.41) is 0. The zero-order chi connectivity index (χ0) is 10.7. The highest BCUT2D eigenvalue weighted by molar-refractivity contribution is 9.10. The molecule has 0 N–H and O–H groups in total. The average Bonchev–Trinajstić information content (AvgIpc) is 2.16. The van der Waals surface area contributed by atoms with E-state index in [1.165, 1.54) is 7.11 Å². The highest BCUT2D eigenvalue weighted by atomic mass is 79.9. The van der Waals surface area contributed by atoms with E-state index in [9.17, 15) is 4.79 Å². The van der Waals surface area contributed by atoms with Gasteiger partial charge in [-0.15, -0.1) is 0 Å². The van der Waals surface area contributed by atoms with Crippen molar-refractivity contribution in [2.45, 2.75) is 12.8 Å². The molecule has 14 heavy (non-hydrogen) atoms. The van der Waals surface area contributed by atoms with Gasteiger partial charge in [0.1, 0.15) is 0 Å². The molecule has 0 saturated carbocycles. The normalized spacial score (nSPS) is 10.4. The van der Waals surface area contributed by atoms with E-state index in [1.807, 2.05) is 19.1 Å². The molecule has 0 amide bonds. The number of esters is 1. The number of hydrogen-bond acceptors (Lipinski definition) is 2. The third-order valence-electron chi connectivity index (χ3n) is 1.95. The Kier molecular flexibility index (Phi) is 3.69. The fourth-order valence-electron chi connectivity index (χ4n) is 1.24. The van der Waals surface area contributed by atoms with Gasteiger partial charge in [-0.2, -0.15) is 0 Å². The molecule has 1 rings (SSSR count). The molecule has 0 aliphatic carbocycles. The Bertz CT molecular complexity index is 345. The highest BCUT2D eigenvalue weighted by Crippen LogP contribution is 2.23. The highest BCUT2D eigenvalue weighted by Gasteiger charge is 2.14. The van der Waals surface area contributed by atoms with Gasteiger partial charge in [0.15, 0.2) is 0 Å². The van der Waals surface area contributed by atoms with Crippen molar-refractivity contribution < 1.29 is 9.53 Å². The summed E-state index contributed by atoms with van der Waals surface area (Å²) in [5.74, 6) is -0.260. The Balaban J connectivity index is 3.21. The number of ether oxygens (including phenoxy) is 1. The second-order valence-electron chi connectivity index (χ2n) is 3.12. The molecule has 0 bridgehead atoms. The van der Waals surface area contributed by atoms with E-state index in [0.717, 1.165) is 10.0 Å².